The van der Waals surface area contributed by atoms with Crippen molar-refractivity contribution in [2.75, 3.05) is 24.4 Å². The van der Waals surface area contributed by atoms with Crippen molar-refractivity contribution in [2.45, 2.75) is 13.0 Å². The number of hydrogen-bond donors (Lipinski definition) is 1. The number of nitrogens with zero attached hydrogens (tertiary/aromatic N) is 2. The number of rotatable bonds is 5. The summed E-state index contributed by atoms with van der Waals surface area (Å²) in [5.41, 5.74) is 0. The maximum atomic E-state index is 11.1. The Bertz CT molecular complexity index is 447. The zero-order chi connectivity index (χ0) is 12.2. The molecule has 1 aromatic heterocycles. The van der Waals surface area contributed by atoms with Crippen LogP contribution in [0.3, 0.4) is 0 Å². The molecular weight excluding hydrogens is 230 g/mol. The van der Waals surface area contributed by atoms with Crippen LogP contribution >= 0.6 is 0 Å². The summed E-state index contributed by atoms with van der Waals surface area (Å²) in [6.07, 6.45) is 2.56. The first kappa shape index (κ1) is 12.7. The van der Waals surface area contributed by atoms with Crippen LogP contribution in [0.5, 0.6) is 5.88 Å². The molecular formula is C9H15N3O3S. The van der Waals surface area contributed by atoms with Crippen molar-refractivity contribution < 1.29 is 13.2 Å². The summed E-state index contributed by atoms with van der Waals surface area (Å²) >= 11 is 0. The van der Waals surface area contributed by atoms with Crippen molar-refractivity contribution in [2.24, 2.45) is 0 Å². The van der Waals surface area contributed by atoms with E-state index in [4.69, 9.17) is 4.74 Å². The Balaban J connectivity index is 2.65. The van der Waals surface area contributed by atoms with Crippen LogP contribution in [0.1, 0.15) is 6.92 Å². The largest absolute Gasteiger partial charge is 0.481 e. The zero-order valence-corrected chi connectivity index (χ0v) is 10.3. The highest BCUT2D eigenvalue weighted by atomic mass is 32.2. The molecule has 1 aromatic rings. The molecule has 1 N–H and O–H groups in total. The zero-order valence-electron chi connectivity index (χ0n) is 9.47. The van der Waals surface area contributed by atoms with Crippen molar-refractivity contribution in [3.05, 3.63) is 12.4 Å². The van der Waals surface area contributed by atoms with Gasteiger partial charge in [-0.15, -0.1) is 0 Å². The van der Waals surface area contributed by atoms with E-state index in [9.17, 15) is 8.42 Å². The quantitative estimate of drug-likeness (QED) is 0.805. The second kappa shape index (κ2) is 5.11. The molecule has 1 atom stereocenters. The van der Waals surface area contributed by atoms with Gasteiger partial charge in [-0.3, -0.25) is 0 Å². The van der Waals surface area contributed by atoms with Gasteiger partial charge in [0.15, 0.2) is 0 Å². The lowest BCUT2D eigenvalue weighted by atomic mass is 10.4. The number of sulfone groups is 1. The minimum absolute atomic E-state index is 0.0549. The fourth-order valence-electron chi connectivity index (χ4n) is 1.28. The highest BCUT2D eigenvalue weighted by Crippen LogP contribution is 2.11. The van der Waals surface area contributed by atoms with E-state index in [2.05, 4.69) is 15.3 Å². The van der Waals surface area contributed by atoms with Gasteiger partial charge in [0.05, 0.1) is 12.9 Å². The van der Waals surface area contributed by atoms with Crippen LogP contribution in [0.4, 0.5) is 5.82 Å². The van der Waals surface area contributed by atoms with Crippen LogP contribution in [0.2, 0.25) is 0 Å². The number of hydrogen-bond acceptors (Lipinski definition) is 6. The van der Waals surface area contributed by atoms with Crippen LogP contribution in [-0.4, -0.2) is 43.5 Å². The van der Waals surface area contributed by atoms with E-state index in [-0.39, 0.29) is 11.8 Å². The maximum absolute atomic E-state index is 11.1. The second-order valence-corrected chi connectivity index (χ2v) is 5.77. The van der Waals surface area contributed by atoms with E-state index < -0.39 is 9.84 Å². The molecule has 1 rings (SSSR count). The van der Waals surface area contributed by atoms with E-state index in [0.29, 0.717) is 11.7 Å². The highest BCUT2D eigenvalue weighted by molar-refractivity contribution is 7.90. The van der Waals surface area contributed by atoms with Crippen molar-refractivity contribution >= 4 is 15.7 Å². The summed E-state index contributed by atoms with van der Waals surface area (Å²) < 4.78 is 27.0. The third kappa shape index (κ3) is 4.43. The predicted molar refractivity (Wildman–Crippen MR) is 61.4 cm³/mol. The van der Waals surface area contributed by atoms with Gasteiger partial charge in [0.1, 0.15) is 22.0 Å². The van der Waals surface area contributed by atoms with Gasteiger partial charge in [0.25, 0.3) is 0 Å². The van der Waals surface area contributed by atoms with Gasteiger partial charge in [0.2, 0.25) is 5.88 Å². The van der Waals surface area contributed by atoms with Gasteiger partial charge < -0.3 is 10.1 Å². The van der Waals surface area contributed by atoms with Gasteiger partial charge >= 0.3 is 0 Å². The summed E-state index contributed by atoms with van der Waals surface area (Å²) in [4.78, 5) is 7.81. The van der Waals surface area contributed by atoms with Crippen LogP contribution in [0.25, 0.3) is 0 Å². The number of ether oxygens (including phenoxy) is 1. The van der Waals surface area contributed by atoms with E-state index in [1.54, 1.807) is 13.0 Å². The normalized spacial score (nSPS) is 13.2. The number of aromatic nitrogens is 2. The number of nitrogens with one attached hydrogen (secondary N) is 1. The molecule has 0 amide bonds. The third-order valence-electron chi connectivity index (χ3n) is 1.80. The number of anilines is 1. The minimum atomic E-state index is -3.00. The SMILES string of the molecule is COc1cc(NC(C)CS(C)(=O)=O)ncn1. The fraction of sp³-hybridized carbons (Fsp3) is 0.556. The Morgan fingerprint density at radius 1 is 1.50 bits per heavy atom. The fourth-order valence-corrected chi connectivity index (χ4v) is 2.27. The first-order chi connectivity index (χ1) is 7.40. The molecule has 1 unspecified atom stereocenters. The Kier molecular flexibility index (Phi) is 4.05. The lowest BCUT2D eigenvalue weighted by Crippen LogP contribution is -2.25. The Hall–Kier alpha value is -1.37. The summed E-state index contributed by atoms with van der Waals surface area (Å²) in [5, 5.41) is 2.96. The van der Waals surface area contributed by atoms with Crippen LogP contribution in [-0.2, 0) is 9.84 Å². The van der Waals surface area contributed by atoms with Crippen molar-refractivity contribution in [1.82, 2.24) is 9.97 Å². The van der Waals surface area contributed by atoms with Crippen molar-refractivity contribution in [3.63, 3.8) is 0 Å². The Morgan fingerprint density at radius 3 is 2.75 bits per heavy atom. The first-order valence-electron chi connectivity index (χ1n) is 4.71. The molecule has 0 aromatic carbocycles. The van der Waals surface area contributed by atoms with Gasteiger partial charge in [-0.25, -0.2) is 18.4 Å². The summed E-state index contributed by atoms with van der Waals surface area (Å²) in [6.45, 7) is 1.77. The van der Waals surface area contributed by atoms with Gasteiger partial charge in [-0.2, -0.15) is 0 Å². The average Bonchev–Trinajstić information content (AvgIpc) is 2.15. The predicted octanol–water partition coefficient (Wildman–Crippen LogP) is 0.330. The summed E-state index contributed by atoms with van der Waals surface area (Å²) in [6, 6.07) is 1.40. The maximum Gasteiger partial charge on any atom is 0.218 e. The molecule has 7 heteroatoms. The Labute approximate surface area is 95.0 Å². The van der Waals surface area contributed by atoms with Gasteiger partial charge in [0, 0.05) is 18.4 Å². The molecule has 0 radical (unpaired) electrons. The molecule has 16 heavy (non-hydrogen) atoms. The molecule has 6 nitrogen and oxygen atoms in total. The summed E-state index contributed by atoms with van der Waals surface area (Å²) in [5.74, 6) is 1.03. The van der Waals surface area contributed by atoms with Crippen molar-refractivity contribution in [1.29, 1.82) is 0 Å². The lowest BCUT2D eigenvalue weighted by Gasteiger charge is -2.13. The monoisotopic (exact) mass is 245 g/mol. The average molecular weight is 245 g/mol. The van der Waals surface area contributed by atoms with Crippen LogP contribution in [0, 0.1) is 0 Å². The molecule has 1 heterocycles. The van der Waals surface area contributed by atoms with E-state index in [0.717, 1.165) is 0 Å². The summed E-state index contributed by atoms with van der Waals surface area (Å²) in [7, 11) is -1.49. The van der Waals surface area contributed by atoms with Crippen molar-refractivity contribution in [3.8, 4) is 5.88 Å². The molecule has 0 spiro atoms. The molecule has 0 aliphatic carbocycles. The Morgan fingerprint density at radius 2 is 2.19 bits per heavy atom. The van der Waals surface area contributed by atoms with Crippen LogP contribution < -0.4 is 10.1 Å². The topological polar surface area (TPSA) is 81.2 Å². The van der Waals surface area contributed by atoms with E-state index in [1.807, 2.05) is 0 Å². The first-order valence-corrected chi connectivity index (χ1v) is 6.77. The molecule has 0 saturated carbocycles. The molecule has 90 valence electrons. The smallest absolute Gasteiger partial charge is 0.218 e. The minimum Gasteiger partial charge on any atom is -0.481 e. The van der Waals surface area contributed by atoms with Crippen LogP contribution in [0.15, 0.2) is 12.4 Å². The van der Waals surface area contributed by atoms with Gasteiger partial charge in [-0.1, -0.05) is 0 Å². The number of methoxy groups -OCH3 is 1. The van der Waals surface area contributed by atoms with Gasteiger partial charge in [-0.05, 0) is 6.92 Å². The standard InChI is InChI=1S/C9H15N3O3S/c1-7(5-16(3,13)14)12-8-4-9(15-2)11-6-10-8/h4,6-7H,5H2,1-3H3,(H,10,11,12). The van der Waals surface area contributed by atoms with E-state index >= 15 is 0 Å². The lowest BCUT2D eigenvalue weighted by molar-refractivity contribution is 0.397. The molecule has 0 saturated heterocycles. The molecule has 0 fully saturated rings. The molecule has 0 bridgehead atoms. The highest BCUT2D eigenvalue weighted by Gasteiger charge is 2.11. The molecule has 0 aliphatic rings. The second-order valence-electron chi connectivity index (χ2n) is 3.58. The third-order valence-corrected chi connectivity index (χ3v) is 2.90. The molecule has 0 aliphatic heterocycles. The van der Waals surface area contributed by atoms with E-state index in [1.165, 1.54) is 19.7 Å².